The van der Waals surface area contributed by atoms with Crippen molar-refractivity contribution in [1.29, 1.82) is 0 Å². The third-order valence-corrected chi connectivity index (χ3v) is 2.94. The zero-order valence-electron chi connectivity index (χ0n) is 6.06. The summed E-state index contributed by atoms with van der Waals surface area (Å²) in [7, 11) is 0.715. The molecule has 0 bridgehead atoms. The molecule has 0 radical (unpaired) electrons. The lowest BCUT2D eigenvalue weighted by molar-refractivity contribution is 1.35. The minimum Gasteiger partial charge on any atom is -0.249 e. The van der Waals surface area contributed by atoms with E-state index in [1.807, 2.05) is 25.1 Å². The lowest BCUT2D eigenvalue weighted by Crippen LogP contribution is -1.67. The maximum atomic E-state index is 5.82. The van der Waals surface area contributed by atoms with E-state index in [0.29, 0.717) is 8.19 Å². The van der Waals surface area contributed by atoms with Crippen molar-refractivity contribution in [2.24, 2.45) is 0 Å². The molecule has 0 aliphatic rings. The maximum Gasteiger partial charge on any atom is 0.0747 e. The number of aromatic nitrogens is 1. The van der Waals surface area contributed by atoms with Gasteiger partial charge in [0.15, 0.2) is 0 Å². The van der Waals surface area contributed by atoms with Crippen molar-refractivity contribution in [2.45, 2.75) is 6.92 Å². The molecule has 1 atom stereocenters. The molecule has 11 heavy (non-hydrogen) atoms. The smallest absolute Gasteiger partial charge is 0.0747 e. The quantitative estimate of drug-likeness (QED) is 0.611. The van der Waals surface area contributed by atoms with Gasteiger partial charge in [0.05, 0.1) is 10.9 Å². The zero-order chi connectivity index (χ0) is 7.84. The fraction of sp³-hybridized carbons (Fsp3) is 0.125. The standard InChI is InChI=1S/C8H7ClNP/c1-5-10-7-3-2-6(9)4-8(7)11-5/h2-4,11H,1H3. The SMILES string of the molecule is Cc1nc2ccc(Cl)cc2[pH]1. The number of nitrogens with zero attached hydrogens (tertiary/aromatic N) is 1. The van der Waals surface area contributed by atoms with Crippen LogP contribution in [0.3, 0.4) is 0 Å². The number of benzene rings is 1. The van der Waals surface area contributed by atoms with Gasteiger partial charge < -0.3 is 0 Å². The van der Waals surface area contributed by atoms with Gasteiger partial charge in [-0.05, 0) is 25.1 Å². The van der Waals surface area contributed by atoms with Crippen LogP contribution in [-0.4, -0.2) is 4.98 Å². The Morgan fingerprint density at radius 1 is 1.45 bits per heavy atom. The van der Waals surface area contributed by atoms with Gasteiger partial charge in [-0.15, -0.1) is 8.19 Å². The molecule has 0 saturated carbocycles. The summed E-state index contributed by atoms with van der Waals surface area (Å²) >= 11 is 5.82. The molecule has 0 aliphatic carbocycles. The Balaban J connectivity index is 2.82. The molecular weight excluding hydrogens is 177 g/mol. The molecule has 1 aromatic heterocycles. The Labute approximate surface area is 71.5 Å². The zero-order valence-corrected chi connectivity index (χ0v) is 7.81. The van der Waals surface area contributed by atoms with E-state index in [2.05, 4.69) is 4.98 Å². The van der Waals surface area contributed by atoms with Crippen LogP contribution in [0.5, 0.6) is 0 Å². The summed E-state index contributed by atoms with van der Waals surface area (Å²) in [6, 6.07) is 5.85. The summed E-state index contributed by atoms with van der Waals surface area (Å²) in [6.07, 6.45) is 0. The summed E-state index contributed by atoms with van der Waals surface area (Å²) in [4.78, 5) is 4.36. The highest BCUT2D eigenvalue weighted by Gasteiger charge is 1.97. The van der Waals surface area contributed by atoms with Crippen LogP contribution in [0, 0.1) is 6.92 Å². The lowest BCUT2D eigenvalue weighted by atomic mass is 10.3. The highest BCUT2D eigenvalue weighted by molar-refractivity contribution is 7.37. The molecule has 0 amide bonds. The van der Waals surface area contributed by atoms with E-state index in [1.54, 1.807) is 0 Å². The van der Waals surface area contributed by atoms with Crippen LogP contribution in [0.4, 0.5) is 0 Å². The van der Waals surface area contributed by atoms with E-state index >= 15 is 0 Å². The largest absolute Gasteiger partial charge is 0.249 e. The second kappa shape index (κ2) is 2.51. The third kappa shape index (κ3) is 1.26. The van der Waals surface area contributed by atoms with Crippen LogP contribution >= 0.6 is 19.8 Å². The normalized spacial score (nSPS) is 11.5. The Hall–Kier alpha value is -0.520. The maximum absolute atomic E-state index is 5.82. The van der Waals surface area contributed by atoms with Crippen LogP contribution in [0.1, 0.15) is 5.43 Å². The number of rotatable bonds is 0. The van der Waals surface area contributed by atoms with Crippen LogP contribution in [0.15, 0.2) is 18.2 Å². The average molecular weight is 184 g/mol. The Bertz CT molecular complexity index is 394. The molecule has 0 N–H and O–H groups in total. The predicted octanol–water partition coefficient (Wildman–Crippen LogP) is 3.23. The third-order valence-electron chi connectivity index (χ3n) is 1.56. The minimum atomic E-state index is 0.715. The van der Waals surface area contributed by atoms with Crippen molar-refractivity contribution in [1.82, 2.24) is 4.98 Å². The first-order valence-corrected chi connectivity index (χ1v) is 4.75. The van der Waals surface area contributed by atoms with Crippen molar-refractivity contribution < 1.29 is 0 Å². The second-order valence-electron chi connectivity index (χ2n) is 2.48. The molecule has 2 aromatic rings. The van der Waals surface area contributed by atoms with Gasteiger partial charge in [-0.3, -0.25) is 0 Å². The van der Waals surface area contributed by atoms with Crippen LogP contribution in [0.2, 0.25) is 5.02 Å². The van der Waals surface area contributed by atoms with E-state index in [-0.39, 0.29) is 0 Å². The molecular formula is C8H7ClNP. The fourth-order valence-corrected chi connectivity index (χ4v) is 2.43. The molecule has 0 saturated heterocycles. The van der Waals surface area contributed by atoms with E-state index in [0.717, 1.165) is 10.5 Å². The van der Waals surface area contributed by atoms with Gasteiger partial charge >= 0.3 is 0 Å². The predicted molar refractivity (Wildman–Crippen MR) is 51.0 cm³/mol. The van der Waals surface area contributed by atoms with Crippen molar-refractivity contribution in [3.8, 4) is 0 Å². The van der Waals surface area contributed by atoms with E-state index in [9.17, 15) is 0 Å². The first-order chi connectivity index (χ1) is 5.25. The molecule has 1 aromatic carbocycles. The first kappa shape index (κ1) is 7.15. The highest BCUT2D eigenvalue weighted by Crippen LogP contribution is 2.28. The summed E-state index contributed by atoms with van der Waals surface area (Å²) in [5, 5.41) is 2.08. The minimum absolute atomic E-state index is 0.715. The lowest BCUT2D eigenvalue weighted by Gasteiger charge is -1.87. The fourth-order valence-electron chi connectivity index (χ4n) is 1.11. The molecule has 0 aliphatic heterocycles. The van der Waals surface area contributed by atoms with Crippen molar-refractivity contribution in [2.75, 3.05) is 0 Å². The summed E-state index contributed by atoms with van der Waals surface area (Å²) in [5.41, 5.74) is 2.28. The summed E-state index contributed by atoms with van der Waals surface area (Å²) < 4.78 is 0. The van der Waals surface area contributed by atoms with E-state index in [4.69, 9.17) is 11.6 Å². The van der Waals surface area contributed by atoms with Gasteiger partial charge in [-0.1, -0.05) is 11.6 Å². The van der Waals surface area contributed by atoms with Crippen molar-refractivity contribution >= 4 is 30.4 Å². The number of hydrogen-bond donors (Lipinski definition) is 0. The topological polar surface area (TPSA) is 12.9 Å². The summed E-state index contributed by atoms with van der Waals surface area (Å²) in [6.45, 7) is 2.05. The van der Waals surface area contributed by atoms with Crippen molar-refractivity contribution in [3.05, 3.63) is 28.6 Å². The summed E-state index contributed by atoms with van der Waals surface area (Å²) in [5.74, 6) is 0. The first-order valence-electron chi connectivity index (χ1n) is 3.37. The highest BCUT2D eigenvalue weighted by atomic mass is 35.5. The van der Waals surface area contributed by atoms with Gasteiger partial charge in [0, 0.05) is 10.1 Å². The Kier molecular flexibility index (Phi) is 1.63. The Morgan fingerprint density at radius 3 is 3.09 bits per heavy atom. The van der Waals surface area contributed by atoms with Gasteiger partial charge in [0.2, 0.25) is 0 Å². The molecule has 1 unspecified atom stereocenters. The molecule has 1 heterocycles. The van der Waals surface area contributed by atoms with Crippen LogP contribution in [0.25, 0.3) is 10.6 Å². The number of hydrogen-bond acceptors (Lipinski definition) is 1. The number of aryl methyl sites for hydroxylation is 1. The van der Waals surface area contributed by atoms with E-state index in [1.165, 1.54) is 10.5 Å². The van der Waals surface area contributed by atoms with Crippen LogP contribution < -0.4 is 0 Å². The molecule has 0 fully saturated rings. The van der Waals surface area contributed by atoms with E-state index < -0.39 is 0 Å². The molecule has 56 valence electrons. The molecule has 1 nitrogen and oxygen atoms in total. The molecule has 3 heteroatoms. The van der Waals surface area contributed by atoms with Gasteiger partial charge in [0.1, 0.15) is 0 Å². The second-order valence-corrected chi connectivity index (χ2v) is 4.43. The molecule has 0 spiro atoms. The number of halogens is 1. The number of fused-ring (bicyclic) bond motifs is 1. The van der Waals surface area contributed by atoms with Crippen molar-refractivity contribution in [3.63, 3.8) is 0 Å². The molecule has 2 rings (SSSR count). The average Bonchev–Trinajstić information content (AvgIpc) is 2.27. The monoisotopic (exact) mass is 183 g/mol. The van der Waals surface area contributed by atoms with Gasteiger partial charge in [-0.25, -0.2) is 4.98 Å². The Morgan fingerprint density at radius 2 is 2.27 bits per heavy atom. The van der Waals surface area contributed by atoms with Crippen LogP contribution in [-0.2, 0) is 0 Å². The van der Waals surface area contributed by atoms with Gasteiger partial charge in [0.25, 0.3) is 0 Å². The van der Waals surface area contributed by atoms with Gasteiger partial charge in [-0.2, -0.15) is 0 Å².